The number of fused-ring (bicyclic) bond motifs is 1. The number of hydrogen-bond donors (Lipinski definition) is 1. The van der Waals surface area contributed by atoms with Gasteiger partial charge in [0.25, 0.3) is 0 Å². The number of nitrogens with two attached hydrogens (primary N) is 1. The number of Topliss-reactive ketones (excluding diaryl/α,β-unsaturated/α-hetero) is 2. The highest BCUT2D eigenvalue weighted by Gasteiger charge is 2.81. The molecule has 2 N–H and O–H groups in total. The predicted molar refractivity (Wildman–Crippen MR) is 111 cm³/mol. The minimum atomic E-state index is -1.58. The van der Waals surface area contributed by atoms with Crippen LogP contribution in [-0.2, 0) is 15.3 Å². The number of benzene rings is 2. The van der Waals surface area contributed by atoms with Gasteiger partial charge in [0.05, 0.1) is 0 Å². The molecular weight excluding hydrogens is 446 g/mol. The Balaban J connectivity index is 1.78. The van der Waals surface area contributed by atoms with Gasteiger partial charge in [0, 0.05) is 39.0 Å². The van der Waals surface area contributed by atoms with Gasteiger partial charge in [-0.05, 0) is 30.7 Å². The van der Waals surface area contributed by atoms with Gasteiger partial charge in [-0.3, -0.25) is 9.59 Å². The average molecular weight is 460 g/mol. The molecule has 0 saturated carbocycles. The molecule has 0 spiro atoms. The molecule has 2 aliphatic carbocycles. The molecule has 2 aromatic rings. The normalized spacial score (nSPS) is 28.3. The first-order valence-electron chi connectivity index (χ1n) is 9.54. The number of nitrogens with zero attached hydrogens (tertiary/aromatic N) is 2. The Hall–Kier alpha value is -3.37. The molecule has 2 aromatic carbocycles. The molecule has 4 aliphatic rings. The Labute approximate surface area is 180 Å². The molecule has 2 atom stereocenters. The van der Waals surface area contributed by atoms with Crippen LogP contribution in [0.25, 0.3) is 0 Å². The highest BCUT2D eigenvalue weighted by Crippen LogP contribution is 2.72. The van der Waals surface area contributed by atoms with E-state index in [1.165, 1.54) is 0 Å². The summed E-state index contributed by atoms with van der Waals surface area (Å²) in [6, 6.07) is 16.8. The minimum absolute atomic E-state index is 0.0195. The van der Waals surface area contributed by atoms with Crippen LogP contribution in [0.5, 0.6) is 0 Å². The van der Waals surface area contributed by atoms with Gasteiger partial charge in [-0.1, -0.05) is 40.2 Å². The largest absolute Gasteiger partial charge is 0.446 e. The Bertz CT molecular complexity index is 1300. The highest BCUT2D eigenvalue weighted by atomic mass is 79.9. The second-order valence-corrected chi connectivity index (χ2v) is 8.69. The van der Waals surface area contributed by atoms with Crippen LogP contribution in [0.2, 0.25) is 0 Å². The molecule has 0 bridgehead atoms. The zero-order valence-electron chi connectivity index (χ0n) is 15.6. The molecule has 6 nitrogen and oxygen atoms in total. The van der Waals surface area contributed by atoms with Crippen molar-refractivity contribution in [1.29, 1.82) is 5.26 Å². The van der Waals surface area contributed by atoms with Gasteiger partial charge >= 0.3 is 0 Å². The number of allylic oxidation sites excluding steroid dienone is 1. The van der Waals surface area contributed by atoms with Crippen LogP contribution in [0, 0.1) is 16.7 Å². The lowest BCUT2D eigenvalue weighted by Crippen LogP contribution is -2.52. The number of nitriles is 1. The van der Waals surface area contributed by atoms with Gasteiger partial charge in [-0.25, -0.2) is 0 Å². The second-order valence-electron chi connectivity index (χ2n) is 7.78. The van der Waals surface area contributed by atoms with E-state index < -0.39 is 11.1 Å². The van der Waals surface area contributed by atoms with Gasteiger partial charge in [0.2, 0.25) is 11.6 Å². The molecule has 0 unspecified atom stereocenters. The molecule has 0 amide bonds. The molecule has 0 fully saturated rings. The molecule has 0 radical (unpaired) electrons. The summed E-state index contributed by atoms with van der Waals surface area (Å²) in [5.74, 6) is -0.549. The van der Waals surface area contributed by atoms with Crippen LogP contribution in [0.1, 0.15) is 28.8 Å². The fraction of sp³-hybridized carbons (Fsp3) is 0.174. The van der Waals surface area contributed by atoms with E-state index in [2.05, 4.69) is 22.0 Å². The molecule has 0 saturated heterocycles. The van der Waals surface area contributed by atoms with Crippen molar-refractivity contribution >= 4 is 33.2 Å². The van der Waals surface area contributed by atoms with Crippen molar-refractivity contribution in [3.8, 4) is 6.07 Å². The number of rotatable bonds is 1. The lowest BCUT2D eigenvalue weighted by atomic mass is 9.68. The zero-order chi connectivity index (χ0) is 20.8. The predicted octanol–water partition coefficient (Wildman–Crippen LogP) is 3.65. The maximum absolute atomic E-state index is 14.0. The zero-order valence-corrected chi connectivity index (χ0v) is 17.2. The second kappa shape index (κ2) is 5.41. The van der Waals surface area contributed by atoms with Crippen molar-refractivity contribution in [1.82, 2.24) is 0 Å². The summed E-state index contributed by atoms with van der Waals surface area (Å²) in [7, 11) is 0. The third-order valence-electron chi connectivity index (χ3n) is 6.58. The summed E-state index contributed by atoms with van der Waals surface area (Å²) in [5, 5.41) is 10.0. The van der Waals surface area contributed by atoms with Crippen LogP contribution >= 0.6 is 15.9 Å². The number of ether oxygens (including phenoxy) is 1. The smallest absolute Gasteiger partial charge is 0.238 e. The van der Waals surface area contributed by atoms with Gasteiger partial charge < -0.3 is 15.4 Å². The summed E-state index contributed by atoms with van der Waals surface area (Å²) in [5.41, 5.74) is 6.13. The number of carbonyl (C=O) groups is 2. The Kier molecular flexibility index (Phi) is 3.15. The van der Waals surface area contributed by atoms with E-state index in [1.54, 1.807) is 12.1 Å². The summed E-state index contributed by atoms with van der Waals surface area (Å²) in [6.07, 6.45) is 0.767. The fourth-order valence-electron chi connectivity index (χ4n) is 5.63. The summed E-state index contributed by atoms with van der Waals surface area (Å²) >= 11 is 3.45. The monoisotopic (exact) mass is 459 g/mol. The molecule has 0 aromatic heterocycles. The van der Waals surface area contributed by atoms with E-state index in [1.807, 2.05) is 41.3 Å². The van der Waals surface area contributed by atoms with E-state index in [-0.39, 0.29) is 29.4 Å². The fourth-order valence-corrected chi connectivity index (χ4v) is 5.90. The van der Waals surface area contributed by atoms with Crippen LogP contribution in [0.15, 0.2) is 75.7 Å². The van der Waals surface area contributed by atoms with E-state index in [0.29, 0.717) is 23.1 Å². The van der Waals surface area contributed by atoms with E-state index in [4.69, 9.17) is 10.5 Å². The Morgan fingerprint density at radius 3 is 2.57 bits per heavy atom. The Morgan fingerprint density at radius 2 is 1.83 bits per heavy atom. The van der Waals surface area contributed by atoms with Crippen molar-refractivity contribution in [2.45, 2.75) is 18.6 Å². The molecular formula is C23H14BrN3O3. The van der Waals surface area contributed by atoms with Gasteiger partial charge in [-0.2, -0.15) is 5.26 Å². The van der Waals surface area contributed by atoms with Crippen molar-refractivity contribution < 1.29 is 14.3 Å². The summed E-state index contributed by atoms with van der Waals surface area (Å²) in [4.78, 5) is 29.0. The number of hydrogen-bond acceptors (Lipinski definition) is 6. The maximum atomic E-state index is 14.0. The van der Waals surface area contributed by atoms with Gasteiger partial charge in [-0.15, -0.1) is 0 Å². The molecule has 146 valence electrons. The molecule has 2 aliphatic heterocycles. The van der Waals surface area contributed by atoms with Crippen LogP contribution in [0.4, 0.5) is 5.69 Å². The number of anilines is 1. The first-order chi connectivity index (χ1) is 14.5. The van der Waals surface area contributed by atoms with E-state index in [9.17, 15) is 14.9 Å². The molecule has 2 heterocycles. The van der Waals surface area contributed by atoms with E-state index >= 15 is 0 Å². The lowest BCUT2D eigenvalue weighted by molar-refractivity contribution is -0.116. The van der Waals surface area contributed by atoms with Crippen molar-refractivity contribution in [2.24, 2.45) is 11.1 Å². The summed E-state index contributed by atoms with van der Waals surface area (Å²) in [6.45, 7) is 0. The Morgan fingerprint density at radius 1 is 1.10 bits per heavy atom. The number of ketones is 2. The van der Waals surface area contributed by atoms with Gasteiger partial charge in [0.1, 0.15) is 11.6 Å². The molecule has 30 heavy (non-hydrogen) atoms. The topological polar surface area (TPSA) is 96.4 Å². The summed E-state index contributed by atoms with van der Waals surface area (Å²) < 4.78 is 7.20. The highest BCUT2D eigenvalue weighted by molar-refractivity contribution is 9.10. The lowest BCUT2D eigenvalue weighted by Gasteiger charge is -2.42. The maximum Gasteiger partial charge on any atom is 0.238 e. The minimum Gasteiger partial charge on any atom is -0.446 e. The first kappa shape index (κ1) is 17.5. The van der Waals surface area contributed by atoms with E-state index in [0.717, 1.165) is 15.9 Å². The third kappa shape index (κ3) is 1.60. The van der Waals surface area contributed by atoms with Crippen LogP contribution in [-0.4, -0.2) is 11.6 Å². The quantitative estimate of drug-likeness (QED) is 0.698. The van der Waals surface area contributed by atoms with Crippen LogP contribution in [0.3, 0.4) is 0 Å². The number of carbonyl (C=O) groups excluding carboxylic acids is 2. The van der Waals surface area contributed by atoms with Gasteiger partial charge in [0.15, 0.2) is 17.0 Å². The SMILES string of the molecule is N#CC1=C(N)O[C@@]23c4ccccc4C(=O)[C@@]12C1=C(CCC1=O)N3c1ccc(Br)cc1. The van der Waals surface area contributed by atoms with Crippen molar-refractivity contribution in [2.75, 3.05) is 4.90 Å². The van der Waals surface area contributed by atoms with Crippen molar-refractivity contribution in [3.05, 3.63) is 86.9 Å². The first-order valence-corrected chi connectivity index (χ1v) is 10.3. The molecule has 7 heteroatoms. The molecule has 6 rings (SSSR count). The van der Waals surface area contributed by atoms with Crippen molar-refractivity contribution in [3.63, 3.8) is 0 Å². The third-order valence-corrected chi connectivity index (χ3v) is 7.11. The number of halogens is 1. The average Bonchev–Trinajstić information content (AvgIpc) is 3.37. The standard InChI is InChI=1S/C23H14BrN3O3/c24-12-5-7-13(8-6-12)27-17-9-10-18(28)19(17)22-16(11-25)21(26)30-23(22,27)15-4-2-1-3-14(15)20(22)29/h1-8H,9-10,26H2/t22-,23-/m0/s1. The van der Waals surface area contributed by atoms with Crippen LogP contribution < -0.4 is 10.6 Å².